The fourth-order valence-electron chi connectivity index (χ4n) is 1.92. The van der Waals surface area contributed by atoms with Crippen molar-refractivity contribution in [3.8, 4) is 0 Å². The van der Waals surface area contributed by atoms with Crippen molar-refractivity contribution in [2.24, 2.45) is 22.6 Å². The molecule has 2 nitrogen and oxygen atoms in total. The highest BCUT2D eigenvalue weighted by Gasteiger charge is 2.07. The van der Waals surface area contributed by atoms with Gasteiger partial charge in [-0.3, -0.25) is 4.99 Å². The van der Waals surface area contributed by atoms with Crippen molar-refractivity contribution in [1.29, 1.82) is 0 Å². The first-order valence-electron chi connectivity index (χ1n) is 6.30. The smallest absolute Gasteiger partial charge is 0.0366 e. The molecular weight excluding hydrogens is 196 g/mol. The van der Waals surface area contributed by atoms with E-state index in [1.165, 1.54) is 25.0 Å². The largest absolute Gasteiger partial charge is 0.404 e. The molecule has 1 atom stereocenters. The summed E-state index contributed by atoms with van der Waals surface area (Å²) in [6, 6.07) is 0. The molecule has 0 aromatic heterocycles. The number of hydrogen-bond donors (Lipinski definition) is 1. The Bertz CT molecular complexity index is 298. The lowest BCUT2D eigenvalue weighted by molar-refractivity contribution is 0.604. The molecule has 2 heteroatoms. The number of allylic oxidation sites excluding steroid dienone is 3. The highest BCUT2D eigenvalue weighted by molar-refractivity contribution is 5.79. The quantitative estimate of drug-likeness (QED) is 0.724. The highest BCUT2D eigenvalue weighted by atomic mass is 14.7. The Hall–Kier alpha value is -1.05. The van der Waals surface area contributed by atoms with E-state index >= 15 is 0 Å². The van der Waals surface area contributed by atoms with Gasteiger partial charge < -0.3 is 5.73 Å². The molecule has 0 fully saturated rings. The number of rotatable bonds is 3. The Morgan fingerprint density at radius 2 is 2.25 bits per heavy atom. The SMILES string of the molecule is CC1C=C(N=C/C(=C\N)C(C)C)CCCC1. The van der Waals surface area contributed by atoms with Crippen LogP contribution in [0.4, 0.5) is 0 Å². The predicted molar refractivity (Wildman–Crippen MR) is 71.3 cm³/mol. The summed E-state index contributed by atoms with van der Waals surface area (Å²) in [7, 11) is 0. The van der Waals surface area contributed by atoms with E-state index in [9.17, 15) is 0 Å². The van der Waals surface area contributed by atoms with Crippen molar-refractivity contribution in [2.75, 3.05) is 0 Å². The van der Waals surface area contributed by atoms with Gasteiger partial charge in [0.05, 0.1) is 0 Å². The third-order valence-electron chi connectivity index (χ3n) is 3.06. The van der Waals surface area contributed by atoms with Gasteiger partial charge in [0.15, 0.2) is 0 Å². The lowest BCUT2D eigenvalue weighted by Crippen LogP contribution is -1.99. The van der Waals surface area contributed by atoms with Crippen molar-refractivity contribution >= 4 is 6.21 Å². The van der Waals surface area contributed by atoms with E-state index in [1.54, 1.807) is 6.20 Å². The molecule has 1 aliphatic carbocycles. The Morgan fingerprint density at radius 3 is 2.88 bits per heavy atom. The molecule has 1 rings (SSSR count). The van der Waals surface area contributed by atoms with Gasteiger partial charge in [0.1, 0.15) is 0 Å². The molecule has 90 valence electrons. The second kappa shape index (κ2) is 6.51. The minimum atomic E-state index is 0.442. The molecule has 0 bridgehead atoms. The summed E-state index contributed by atoms with van der Waals surface area (Å²) in [5.74, 6) is 1.11. The number of aliphatic imine (C=N–C) groups is 1. The molecule has 0 spiro atoms. The van der Waals surface area contributed by atoms with Crippen molar-refractivity contribution < 1.29 is 0 Å². The third kappa shape index (κ3) is 4.21. The van der Waals surface area contributed by atoms with Crippen LogP contribution < -0.4 is 5.73 Å². The fourth-order valence-corrected chi connectivity index (χ4v) is 1.92. The van der Waals surface area contributed by atoms with Gasteiger partial charge in [-0.25, -0.2) is 0 Å². The normalized spacial score (nSPS) is 23.6. The lowest BCUT2D eigenvalue weighted by atomic mass is 10.1. The van der Waals surface area contributed by atoms with Gasteiger partial charge in [-0.2, -0.15) is 0 Å². The number of hydrogen-bond acceptors (Lipinski definition) is 2. The topological polar surface area (TPSA) is 38.4 Å². The molecule has 0 radical (unpaired) electrons. The Balaban J connectivity index is 2.68. The summed E-state index contributed by atoms with van der Waals surface area (Å²) in [5, 5.41) is 0. The van der Waals surface area contributed by atoms with Gasteiger partial charge in [0.2, 0.25) is 0 Å². The Morgan fingerprint density at radius 1 is 1.50 bits per heavy atom. The van der Waals surface area contributed by atoms with E-state index in [-0.39, 0.29) is 0 Å². The van der Waals surface area contributed by atoms with Crippen LogP contribution in [-0.4, -0.2) is 6.21 Å². The maximum Gasteiger partial charge on any atom is 0.0366 e. The molecular formula is C14H24N2. The fraction of sp³-hybridized carbons (Fsp3) is 0.643. The van der Waals surface area contributed by atoms with Crippen LogP contribution in [0.25, 0.3) is 0 Å². The van der Waals surface area contributed by atoms with Crippen LogP contribution in [0.5, 0.6) is 0 Å². The van der Waals surface area contributed by atoms with Crippen molar-refractivity contribution in [2.45, 2.75) is 46.5 Å². The van der Waals surface area contributed by atoms with E-state index in [0.717, 1.165) is 12.0 Å². The van der Waals surface area contributed by atoms with E-state index in [4.69, 9.17) is 5.73 Å². The Labute approximate surface area is 99.3 Å². The van der Waals surface area contributed by atoms with Crippen molar-refractivity contribution in [1.82, 2.24) is 0 Å². The van der Waals surface area contributed by atoms with Crippen LogP contribution in [-0.2, 0) is 0 Å². The summed E-state index contributed by atoms with van der Waals surface area (Å²) >= 11 is 0. The molecule has 1 aliphatic rings. The standard InChI is InChI=1S/C14H24N2/c1-11(2)13(9-15)10-16-14-7-5-4-6-12(3)8-14/h8-12H,4-7,15H2,1-3H3/b13-9+,16-10?. The van der Waals surface area contributed by atoms with Crippen LogP contribution in [0.1, 0.15) is 46.5 Å². The third-order valence-corrected chi connectivity index (χ3v) is 3.06. The van der Waals surface area contributed by atoms with Gasteiger partial charge in [-0.05, 0) is 42.9 Å². The summed E-state index contributed by atoms with van der Waals surface area (Å²) in [4.78, 5) is 4.57. The molecule has 0 amide bonds. The van der Waals surface area contributed by atoms with Gasteiger partial charge in [0, 0.05) is 11.9 Å². The molecule has 0 aromatic carbocycles. The first kappa shape index (κ1) is 13.0. The second-order valence-corrected chi connectivity index (χ2v) is 4.96. The van der Waals surface area contributed by atoms with Crippen molar-refractivity contribution in [3.05, 3.63) is 23.5 Å². The summed E-state index contributed by atoms with van der Waals surface area (Å²) in [6.45, 7) is 6.53. The van der Waals surface area contributed by atoms with E-state index in [0.29, 0.717) is 11.8 Å². The molecule has 2 N–H and O–H groups in total. The average molecular weight is 220 g/mol. The molecule has 0 heterocycles. The van der Waals surface area contributed by atoms with Crippen molar-refractivity contribution in [3.63, 3.8) is 0 Å². The first-order chi connectivity index (χ1) is 7.63. The van der Waals surface area contributed by atoms with E-state index in [2.05, 4.69) is 31.8 Å². The van der Waals surface area contributed by atoms with Gasteiger partial charge in [-0.15, -0.1) is 0 Å². The maximum absolute atomic E-state index is 5.57. The molecule has 0 saturated heterocycles. The predicted octanol–water partition coefficient (Wildman–Crippen LogP) is 3.65. The maximum atomic E-state index is 5.57. The zero-order chi connectivity index (χ0) is 12.0. The monoisotopic (exact) mass is 220 g/mol. The number of nitrogens with two attached hydrogens (primary N) is 1. The first-order valence-corrected chi connectivity index (χ1v) is 6.30. The highest BCUT2D eigenvalue weighted by Crippen LogP contribution is 2.22. The molecule has 0 aliphatic heterocycles. The van der Waals surface area contributed by atoms with E-state index in [1.807, 2.05) is 6.21 Å². The van der Waals surface area contributed by atoms with Crippen LogP contribution in [0.2, 0.25) is 0 Å². The molecule has 1 unspecified atom stereocenters. The van der Waals surface area contributed by atoms with Crippen LogP contribution >= 0.6 is 0 Å². The van der Waals surface area contributed by atoms with Crippen LogP contribution in [0.3, 0.4) is 0 Å². The second-order valence-electron chi connectivity index (χ2n) is 4.96. The van der Waals surface area contributed by atoms with E-state index < -0.39 is 0 Å². The molecule has 16 heavy (non-hydrogen) atoms. The minimum absolute atomic E-state index is 0.442. The summed E-state index contributed by atoms with van der Waals surface area (Å²) in [6.07, 6.45) is 10.9. The average Bonchev–Trinajstić information content (AvgIpc) is 2.43. The van der Waals surface area contributed by atoms with Gasteiger partial charge >= 0.3 is 0 Å². The Kier molecular flexibility index (Phi) is 5.30. The summed E-state index contributed by atoms with van der Waals surface area (Å²) in [5.41, 5.74) is 7.91. The zero-order valence-electron chi connectivity index (χ0n) is 10.7. The minimum Gasteiger partial charge on any atom is -0.404 e. The van der Waals surface area contributed by atoms with Crippen LogP contribution in [0, 0.1) is 11.8 Å². The zero-order valence-corrected chi connectivity index (χ0v) is 10.7. The summed E-state index contributed by atoms with van der Waals surface area (Å²) < 4.78 is 0. The molecule has 0 saturated carbocycles. The lowest BCUT2D eigenvalue weighted by Gasteiger charge is -2.05. The van der Waals surface area contributed by atoms with Gasteiger partial charge in [0.25, 0.3) is 0 Å². The number of nitrogens with zero attached hydrogens (tertiary/aromatic N) is 1. The van der Waals surface area contributed by atoms with Gasteiger partial charge in [-0.1, -0.05) is 33.3 Å². The van der Waals surface area contributed by atoms with Crippen LogP contribution in [0.15, 0.2) is 28.5 Å². The molecule has 0 aromatic rings.